The van der Waals surface area contributed by atoms with Gasteiger partial charge in [-0.3, -0.25) is 9.59 Å². The van der Waals surface area contributed by atoms with Crippen LogP contribution >= 0.6 is 11.6 Å². The van der Waals surface area contributed by atoms with Crippen LogP contribution in [0.1, 0.15) is 35.4 Å². The summed E-state index contributed by atoms with van der Waals surface area (Å²) in [5.74, 6) is -0.853. The van der Waals surface area contributed by atoms with Gasteiger partial charge < -0.3 is 19.2 Å². The van der Waals surface area contributed by atoms with Crippen LogP contribution in [0.2, 0.25) is 5.02 Å². The number of nitrogens with zero attached hydrogens (tertiary/aromatic N) is 1. The number of ether oxygens (including phenoxy) is 1. The maximum Gasteiger partial charge on any atom is 0.296 e. The van der Waals surface area contributed by atoms with Crippen molar-refractivity contribution in [2.24, 2.45) is 0 Å². The number of rotatable bonds is 6. The Bertz CT molecular complexity index is 1180. The van der Waals surface area contributed by atoms with Crippen LogP contribution in [0.5, 0.6) is 5.75 Å². The fraction of sp³-hybridized carbons (Fsp3) is 0.200. The average molecular weight is 452 g/mol. The molecule has 2 heterocycles. The second-order valence-corrected chi connectivity index (χ2v) is 7.85. The number of hydrogen-bond donors (Lipinski definition) is 1. The Labute approximate surface area is 190 Å². The lowest BCUT2D eigenvalue weighted by Crippen LogP contribution is -2.29. The highest BCUT2D eigenvalue weighted by molar-refractivity contribution is 6.47. The molecule has 164 valence electrons. The van der Waals surface area contributed by atoms with Crippen molar-refractivity contribution in [2.45, 2.75) is 25.9 Å². The van der Waals surface area contributed by atoms with Gasteiger partial charge in [0.15, 0.2) is 0 Å². The van der Waals surface area contributed by atoms with Crippen LogP contribution in [-0.2, 0) is 22.6 Å². The maximum atomic E-state index is 13.1. The van der Waals surface area contributed by atoms with E-state index >= 15 is 0 Å². The van der Waals surface area contributed by atoms with E-state index in [1.54, 1.807) is 24.3 Å². The molecule has 0 spiro atoms. The van der Waals surface area contributed by atoms with Crippen LogP contribution < -0.4 is 4.74 Å². The molecule has 32 heavy (non-hydrogen) atoms. The van der Waals surface area contributed by atoms with Crippen molar-refractivity contribution in [3.05, 3.63) is 93.9 Å². The van der Waals surface area contributed by atoms with Crippen LogP contribution in [0.25, 0.3) is 5.76 Å². The van der Waals surface area contributed by atoms with Crippen molar-refractivity contribution in [1.82, 2.24) is 4.90 Å². The van der Waals surface area contributed by atoms with Crippen molar-refractivity contribution >= 4 is 29.1 Å². The first kappa shape index (κ1) is 21.7. The van der Waals surface area contributed by atoms with E-state index < -0.39 is 17.7 Å². The number of hydrogen-bond acceptors (Lipinski definition) is 5. The van der Waals surface area contributed by atoms with Crippen molar-refractivity contribution in [2.75, 3.05) is 7.11 Å². The lowest BCUT2D eigenvalue weighted by Gasteiger charge is -2.24. The number of aliphatic hydroxyl groups excluding tert-OH is 1. The molecule has 1 unspecified atom stereocenters. The third kappa shape index (κ3) is 3.89. The molecule has 0 saturated carbocycles. The second-order valence-electron chi connectivity index (χ2n) is 7.45. The number of amides is 1. The van der Waals surface area contributed by atoms with Gasteiger partial charge in [-0.1, -0.05) is 42.8 Å². The number of carbonyl (C=O) groups is 2. The van der Waals surface area contributed by atoms with E-state index in [0.29, 0.717) is 17.1 Å². The fourth-order valence-corrected chi connectivity index (χ4v) is 4.06. The van der Waals surface area contributed by atoms with Gasteiger partial charge in [0, 0.05) is 5.56 Å². The van der Waals surface area contributed by atoms with E-state index in [1.807, 2.05) is 31.2 Å². The molecular formula is C25H22ClNO5. The van der Waals surface area contributed by atoms with Crippen LogP contribution in [0.4, 0.5) is 0 Å². The number of ketones is 1. The summed E-state index contributed by atoms with van der Waals surface area (Å²) in [6, 6.07) is 15.0. The van der Waals surface area contributed by atoms with Gasteiger partial charge in [0.05, 0.1) is 36.6 Å². The number of methoxy groups -OCH3 is 1. The summed E-state index contributed by atoms with van der Waals surface area (Å²) in [6.07, 6.45) is 2.36. The van der Waals surface area contributed by atoms with Gasteiger partial charge in [-0.15, -0.1) is 0 Å². The number of furan rings is 1. The normalized spacial score (nSPS) is 17.7. The zero-order valence-electron chi connectivity index (χ0n) is 17.7. The van der Waals surface area contributed by atoms with Crippen LogP contribution in [0.15, 0.2) is 70.9 Å². The third-order valence-electron chi connectivity index (χ3n) is 5.58. The second kappa shape index (κ2) is 8.93. The molecule has 7 heteroatoms. The first-order valence-electron chi connectivity index (χ1n) is 10.2. The van der Waals surface area contributed by atoms with Gasteiger partial charge in [0.25, 0.3) is 11.7 Å². The molecule has 3 aromatic rings. The minimum absolute atomic E-state index is 0.0269. The van der Waals surface area contributed by atoms with Crippen LogP contribution in [0.3, 0.4) is 0 Å². The zero-order valence-corrected chi connectivity index (χ0v) is 18.4. The number of benzene rings is 2. The zero-order chi connectivity index (χ0) is 22.8. The molecule has 2 aromatic carbocycles. The maximum absolute atomic E-state index is 13.1. The van der Waals surface area contributed by atoms with Crippen molar-refractivity contribution in [3.8, 4) is 5.75 Å². The standard InChI is InChI=1S/C25H22ClNO5/c1-3-15-6-8-16(9-7-15)22-21(23(28)19-13-17(31-2)10-11-20(19)26)24(29)25(30)27(22)14-18-5-4-12-32-18/h4-13,22,28H,3,14H2,1-2H3/b23-21+. The number of likely N-dealkylation sites (tertiary alicyclic amines) is 1. The molecule has 1 N–H and O–H groups in total. The highest BCUT2D eigenvalue weighted by Crippen LogP contribution is 2.41. The van der Waals surface area contributed by atoms with Gasteiger partial charge in [0.1, 0.15) is 17.3 Å². The Hall–Kier alpha value is -3.51. The Morgan fingerprint density at radius 2 is 1.91 bits per heavy atom. The molecule has 1 amide bonds. The van der Waals surface area contributed by atoms with Crippen molar-refractivity contribution in [3.63, 3.8) is 0 Å². The van der Waals surface area contributed by atoms with Crippen molar-refractivity contribution in [1.29, 1.82) is 0 Å². The van der Waals surface area contributed by atoms with Gasteiger partial charge in [-0.2, -0.15) is 0 Å². The molecule has 1 aromatic heterocycles. The van der Waals surface area contributed by atoms with Gasteiger partial charge in [-0.05, 0) is 47.9 Å². The molecule has 1 aliphatic heterocycles. The Kier molecular flexibility index (Phi) is 6.06. The minimum Gasteiger partial charge on any atom is -0.507 e. The van der Waals surface area contributed by atoms with Crippen LogP contribution in [0, 0.1) is 0 Å². The first-order valence-corrected chi connectivity index (χ1v) is 10.6. The van der Waals surface area contributed by atoms with E-state index in [2.05, 4.69) is 0 Å². The molecule has 0 radical (unpaired) electrons. The summed E-state index contributed by atoms with van der Waals surface area (Å²) < 4.78 is 10.6. The van der Waals surface area contributed by atoms with E-state index in [0.717, 1.165) is 12.0 Å². The highest BCUT2D eigenvalue weighted by Gasteiger charge is 2.46. The lowest BCUT2D eigenvalue weighted by atomic mass is 9.94. The van der Waals surface area contributed by atoms with Gasteiger partial charge in [0.2, 0.25) is 0 Å². The Morgan fingerprint density at radius 3 is 2.53 bits per heavy atom. The van der Waals surface area contributed by atoms with Gasteiger partial charge >= 0.3 is 0 Å². The summed E-state index contributed by atoms with van der Waals surface area (Å²) >= 11 is 6.32. The van der Waals surface area contributed by atoms with Crippen molar-refractivity contribution < 1.29 is 23.8 Å². The SMILES string of the molecule is CCc1ccc(C2/C(=C(\O)c3cc(OC)ccc3Cl)C(=O)C(=O)N2Cc2ccco2)cc1. The molecule has 1 fully saturated rings. The summed E-state index contributed by atoms with van der Waals surface area (Å²) in [4.78, 5) is 27.5. The number of aliphatic hydroxyl groups is 1. The number of halogens is 1. The number of aryl methyl sites for hydroxylation is 1. The smallest absolute Gasteiger partial charge is 0.296 e. The molecule has 1 saturated heterocycles. The number of carbonyl (C=O) groups excluding carboxylic acids is 2. The van der Waals surface area contributed by atoms with Gasteiger partial charge in [-0.25, -0.2) is 0 Å². The summed E-state index contributed by atoms with van der Waals surface area (Å²) in [6.45, 7) is 2.13. The first-order chi connectivity index (χ1) is 15.4. The van der Waals surface area contributed by atoms with E-state index in [4.69, 9.17) is 20.8 Å². The van der Waals surface area contributed by atoms with E-state index in [-0.39, 0.29) is 28.5 Å². The molecular weight excluding hydrogens is 430 g/mol. The quantitative estimate of drug-likeness (QED) is 0.319. The molecule has 0 bridgehead atoms. The molecule has 1 aliphatic rings. The predicted octanol–water partition coefficient (Wildman–Crippen LogP) is 5.13. The highest BCUT2D eigenvalue weighted by atomic mass is 35.5. The third-order valence-corrected chi connectivity index (χ3v) is 5.91. The monoisotopic (exact) mass is 451 g/mol. The Balaban J connectivity index is 1.89. The number of Topliss-reactive ketones (excluding diaryl/α,β-unsaturated/α-hetero) is 1. The molecule has 0 aliphatic carbocycles. The lowest BCUT2D eigenvalue weighted by molar-refractivity contribution is -0.140. The summed E-state index contributed by atoms with van der Waals surface area (Å²) in [5, 5.41) is 11.4. The predicted molar refractivity (Wildman–Crippen MR) is 120 cm³/mol. The summed E-state index contributed by atoms with van der Waals surface area (Å²) in [7, 11) is 1.49. The topological polar surface area (TPSA) is 80.0 Å². The van der Waals surface area contributed by atoms with E-state index in [9.17, 15) is 14.7 Å². The fourth-order valence-electron chi connectivity index (χ4n) is 3.85. The molecule has 4 rings (SSSR count). The molecule has 1 atom stereocenters. The van der Waals surface area contributed by atoms with E-state index in [1.165, 1.54) is 24.3 Å². The minimum atomic E-state index is -0.798. The largest absolute Gasteiger partial charge is 0.507 e. The summed E-state index contributed by atoms with van der Waals surface area (Å²) in [5.41, 5.74) is 2.01. The average Bonchev–Trinajstić information content (AvgIpc) is 3.41. The Morgan fingerprint density at radius 1 is 1.16 bits per heavy atom. The van der Waals surface area contributed by atoms with Crippen LogP contribution in [-0.4, -0.2) is 28.8 Å². The molecule has 6 nitrogen and oxygen atoms in total.